The zero-order valence-corrected chi connectivity index (χ0v) is 13.0. The molecule has 0 saturated heterocycles. The lowest BCUT2D eigenvalue weighted by atomic mass is 10.1. The Morgan fingerprint density at radius 2 is 1.81 bits per heavy atom. The van der Waals surface area contributed by atoms with Crippen LogP contribution in [0.3, 0.4) is 0 Å². The Hall–Kier alpha value is -0.950. The second-order valence-electron chi connectivity index (χ2n) is 4.80. The highest BCUT2D eigenvalue weighted by Crippen LogP contribution is 2.30. The van der Waals surface area contributed by atoms with Crippen molar-refractivity contribution < 1.29 is 21.6 Å². The van der Waals surface area contributed by atoms with Gasteiger partial charge in [0.05, 0.1) is 4.90 Å². The lowest BCUT2D eigenvalue weighted by Gasteiger charge is -2.11. The Bertz CT molecular complexity index is 544. The Balaban J connectivity index is 2.59. The third kappa shape index (κ3) is 5.07. The summed E-state index contributed by atoms with van der Waals surface area (Å²) < 4.78 is 59.4. The molecule has 0 aliphatic carbocycles. The zero-order valence-electron chi connectivity index (χ0n) is 11.5. The monoisotopic (exact) mass is 343 g/mol. The van der Waals surface area contributed by atoms with Crippen LogP contribution in [-0.2, 0) is 9.84 Å². The molecule has 0 heterocycles. The molecule has 0 aromatic heterocycles. The van der Waals surface area contributed by atoms with E-state index in [1.165, 1.54) is 12.1 Å². The minimum absolute atomic E-state index is 0.410. The van der Waals surface area contributed by atoms with Gasteiger partial charge < -0.3 is 5.32 Å². The molecule has 1 N–H and O–H groups in total. The molecule has 1 atom stereocenters. The Labute approximate surface area is 127 Å². The van der Waals surface area contributed by atoms with Crippen molar-refractivity contribution in [2.45, 2.75) is 30.2 Å². The van der Waals surface area contributed by atoms with Gasteiger partial charge in [-0.15, -0.1) is 11.6 Å². The van der Waals surface area contributed by atoms with Crippen LogP contribution in [0.4, 0.5) is 18.9 Å². The maximum Gasteiger partial charge on any atom is 0.501 e. The van der Waals surface area contributed by atoms with Crippen LogP contribution in [0.2, 0.25) is 0 Å². The van der Waals surface area contributed by atoms with Crippen molar-refractivity contribution in [3.8, 4) is 0 Å². The molecule has 0 bridgehead atoms. The second kappa shape index (κ2) is 7.35. The fourth-order valence-corrected chi connectivity index (χ4v) is 2.56. The smallest absolute Gasteiger partial charge is 0.385 e. The molecule has 1 rings (SSSR count). The minimum Gasteiger partial charge on any atom is -0.385 e. The summed E-state index contributed by atoms with van der Waals surface area (Å²) in [6, 6.07) is 4.55. The summed E-state index contributed by atoms with van der Waals surface area (Å²) in [6.07, 6.45) is 1.81. The number of nitrogens with one attached hydrogen (secondary N) is 1. The van der Waals surface area contributed by atoms with Crippen LogP contribution in [0.5, 0.6) is 0 Å². The first-order valence-corrected chi connectivity index (χ1v) is 8.41. The first-order chi connectivity index (χ1) is 9.68. The third-order valence-electron chi connectivity index (χ3n) is 2.94. The van der Waals surface area contributed by atoms with E-state index in [1.54, 1.807) is 0 Å². The number of alkyl halides is 4. The first-order valence-electron chi connectivity index (χ1n) is 6.39. The summed E-state index contributed by atoms with van der Waals surface area (Å²) in [5.41, 5.74) is -4.70. The fraction of sp³-hybridized carbons (Fsp3) is 0.538. The molecule has 1 aromatic carbocycles. The lowest BCUT2D eigenvalue weighted by Crippen LogP contribution is -2.23. The number of benzene rings is 1. The maximum atomic E-state index is 12.4. The van der Waals surface area contributed by atoms with E-state index in [0.717, 1.165) is 25.0 Å². The topological polar surface area (TPSA) is 46.2 Å². The van der Waals surface area contributed by atoms with Crippen LogP contribution in [0.25, 0.3) is 0 Å². The van der Waals surface area contributed by atoms with Gasteiger partial charge in [0.1, 0.15) is 0 Å². The van der Waals surface area contributed by atoms with E-state index in [9.17, 15) is 21.6 Å². The average molecular weight is 344 g/mol. The van der Waals surface area contributed by atoms with E-state index in [2.05, 4.69) is 5.32 Å². The van der Waals surface area contributed by atoms with Crippen molar-refractivity contribution in [2.75, 3.05) is 17.7 Å². The number of sulfone groups is 1. The summed E-state index contributed by atoms with van der Waals surface area (Å²) >= 11 is 5.68. The average Bonchev–Trinajstić information content (AvgIpc) is 2.42. The number of rotatable bonds is 7. The van der Waals surface area contributed by atoms with E-state index in [4.69, 9.17) is 11.6 Å². The van der Waals surface area contributed by atoms with Gasteiger partial charge in [0.15, 0.2) is 0 Å². The van der Waals surface area contributed by atoms with Gasteiger partial charge in [-0.05, 0) is 43.0 Å². The largest absolute Gasteiger partial charge is 0.501 e. The van der Waals surface area contributed by atoms with Gasteiger partial charge in [-0.1, -0.05) is 6.92 Å². The Kier molecular flexibility index (Phi) is 6.34. The van der Waals surface area contributed by atoms with Gasteiger partial charge in [-0.2, -0.15) is 13.2 Å². The SMILES string of the molecule is CC(CCl)CCCNc1ccc(S(=O)(=O)C(F)(F)F)cc1. The van der Waals surface area contributed by atoms with Crippen LogP contribution < -0.4 is 5.32 Å². The molecule has 1 aromatic rings. The minimum atomic E-state index is -5.28. The normalized spacial score (nSPS) is 14.0. The molecule has 1 unspecified atom stereocenters. The first kappa shape index (κ1) is 18.1. The van der Waals surface area contributed by atoms with Gasteiger partial charge in [0, 0.05) is 18.1 Å². The van der Waals surface area contributed by atoms with Crippen molar-refractivity contribution in [1.29, 1.82) is 0 Å². The van der Waals surface area contributed by atoms with Gasteiger partial charge in [0.25, 0.3) is 9.84 Å². The standard InChI is InChI=1S/C13H17ClF3NO2S/c1-10(9-14)3-2-8-18-11-4-6-12(7-5-11)21(19,20)13(15,16)17/h4-7,10,18H,2-3,8-9H2,1H3. The maximum absolute atomic E-state index is 12.4. The summed E-state index contributed by atoms with van der Waals surface area (Å²) in [5.74, 6) is 0.997. The number of hydrogen-bond donors (Lipinski definition) is 1. The van der Waals surface area contributed by atoms with Crippen molar-refractivity contribution in [3.05, 3.63) is 24.3 Å². The molecule has 0 amide bonds. The van der Waals surface area contributed by atoms with E-state index < -0.39 is 20.2 Å². The molecule has 8 heteroatoms. The van der Waals surface area contributed by atoms with Gasteiger partial charge in [-0.25, -0.2) is 8.42 Å². The molecule has 21 heavy (non-hydrogen) atoms. The lowest BCUT2D eigenvalue weighted by molar-refractivity contribution is -0.0436. The highest BCUT2D eigenvalue weighted by molar-refractivity contribution is 7.92. The van der Waals surface area contributed by atoms with Crippen LogP contribution >= 0.6 is 11.6 Å². The van der Waals surface area contributed by atoms with Crippen molar-refractivity contribution in [3.63, 3.8) is 0 Å². The summed E-state index contributed by atoms with van der Waals surface area (Å²) in [7, 11) is -5.28. The van der Waals surface area contributed by atoms with Crippen molar-refractivity contribution in [2.24, 2.45) is 5.92 Å². The number of halogens is 4. The van der Waals surface area contributed by atoms with Crippen LogP contribution in [0.1, 0.15) is 19.8 Å². The molecular formula is C13H17ClF3NO2S. The Morgan fingerprint density at radius 3 is 2.29 bits per heavy atom. The van der Waals surface area contributed by atoms with E-state index >= 15 is 0 Å². The van der Waals surface area contributed by atoms with Crippen LogP contribution in [0.15, 0.2) is 29.2 Å². The molecule has 3 nitrogen and oxygen atoms in total. The molecule has 0 aliphatic heterocycles. The van der Waals surface area contributed by atoms with Gasteiger partial charge in [0.2, 0.25) is 0 Å². The molecule has 0 saturated carbocycles. The molecule has 120 valence electrons. The van der Waals surface area contributed by atoms with E-state index in [0.29, 0.717) is 24.0 Å². The highest BCUT2D eigenvalue weighted by atomic mass is 35.5. The quantitative estimate of drug-likeness (QED) is 0.600. The third-order valence-corrected chi connectivity index (χ3v) is 4.96. The summed E-state index contributed by atoms with van der Waals surface area (Å²) in [4.78, 5) is -0.753. The fourth-order valence-electron chi connectivity index (χ4n) is 1.65. The number of anilines is 1. The molecule has 0 fully saturated rings. The van der Waals surface area contributed by atoms with Crippen LogP contribution in [-0.4, -0.2) is 26.4 Å². The molecular weight excluding hydrogens is 327 g/mol. The zero-order chi connectivity index (χ0) is 16.1. The van der Waals surface area contributed by atoms with E-state index in [-0.39, 0.29) is 0 Å². The highest BCUT2D eigenvalue weighted by Gasteiger charge is 2.46. The summed E-state index contributed by atoms with van der Waals surface area (Å²) in [5, 5.41) is 3.02. The molecule has 0 spiro atoms. The second-order valence-corrected chi connectivity index (χ2v) is 7.05. The van der Waals surface area contributed by atoms with Crippen molar-refractivity contribution in [1.82, 2.24) is 0 Å². The number of hydrogen-bond acceptors (Lipinski definition) is 3. The molecule has 0 aliphatic rings. The van der Waals surface area contributed by atoms with Gasteiger partial charge in [-0.3, -0.25) is 0 Å². The van der Waals surface area contributed by atoms with Gasteiger partial charge >= 0.3 is 5.51 Å². The Morgan fingerprint density at radius 1 is 1.24 bits per heavy atom. The van der Waals surface area contributed by atoms with E-state index in [1.807, 2.05) is 6.92 Å². The van der Waals surface area contributed by atoms with Crippen LogP contribution in [0, 0.1) is 5.92 Å². The van der Waals surface area contributed by atoms with Crippen molar-refractivity contribution >= 4 is 27.1 Å². The predicted octanol–water partition coefficient (Wildman–Crippen LogP) is 4.05. The molecule has 0 radical (unpaired) electrons. The summed E-state index contributed by atoms with van der Waals surface area (Å²) in [6.45, 7) is 2.68. The predicted molar refractivity (Wildman–Crippen MR) is 77.3 cm³/mol.